The molecule has 0 bridgehead atoms. The van der Waals surface area contributed by atoms with Gasteiger partial charge in [0, 0.05) is 18.6 Å². The average Bonchev–Trinajstić information content (AvgIpc) is 2.85. The monoisotopic (exact) mass is 310 g/mol. The highest BCUT2D eigenvalue weighted by Crippen LogP contribution is 2.28. The zero-order valence-electron chi connectivity index (χ0n) is 11.8. The zero-order valence-corrected chi connectivity index (χ0v) is 13.3. The summed E-state index contributed by atoms with van der Waals surface area (Å²) in [6.07, 6.45) is 1.94. The van der Waals surface area contributed by atoms with Gasteiger partial charge in [-0.15, -0.1) is 0 Å². The molecule has 0 saturated carbocycles. The summed E-state index contributed by atoms with van der Waals surface area (Å²) in [7, 11) is 2.00. The Hall–Kier alpha value is -1.10. The largest absolute Gasteiger partial charge is 0.391 e. The second-order valence-corrected chi connectivity index (χ2v) is 6.19. The highest BCUT2D eigenvalue weighted by molar-refractivity contribution is 7.15. The van der Waals surface area contributed by atoms with Crippen molar-refractivity contribution in [2.45, 2.75) is 32.9 Å². The molecule has 0 saturated heterocycles. The fourth-order valence-electron chi connectivity index (χ4n) is 2.04. The van der Waals surface area contributed by atoms with Crippen LogP contribution in [0.4, 0.5) is 5.13 Å². The van der Waals surface area contributed by atoms with E-state index in [0.29, 0.717) is 6.54 Å². The van der Waals surface area contributed by atoms with Gasteiger partial charge in [-0.1, -0.05) is 54.5 Å². The SMILES string of the molecule is CCCc1nc(N(C)Cc2ccccc2Cl)sc1CO. The van der Waals surface area contributed by atoms with E-state index in [1.54, 1.807) is 11.3 Å². The summed E-state index contributed by atoms with van der Waals surface area (Å²) >= 11 is 7.74. The van der Waals surface area contributed by atoms with E-state index in [1.807, 2.05) is 31.3 Å². The van der Waals surface area contributed by atoms with Gasteiger partial charge in [-0.2, -0.15) is 0 Å². The number of hydrogen-bond acceptors (Lipinski definition) is 4. The van der Waals surface area contributed by atoms with E-state index in [1.165, 1.54) is 0 Å². The number of nitrogens with zero attached hydrogens (tertiary/aromatic N) is 2. The molecule has 0 aliphatic rings. The maximum absolute atomic E-state index is 9.40. The second kappa shape index (κ2) is 7.07. The standard InChI is InChI=1S/C15H19ClN2OS/c1-3-6-13-14(10-19)20-15(17-13)18(2)9-11-7-4-5-8-12(11)16/h4-5,7-8,19H,3,6,9-10H2,1-2H3. The van der Waals surface area contributed by atoms with Crippen molar-refractivity contribution in [1.29, 1.82) is 0 Å². The normalized spacial score (nSPS) is 10.8. The Labute approximate surface area is 128 Å². The van der Waals surface area contributed by atoms with Gasteiger partial charge in [-0.25, -0.2) is 4.98 Å². The molecule has 3 nitrogen and oxygen atoms in total. The molecule has 5 heteroatoms. The summed E-state index contributed by atoms with van der Waals surface area (Å²) in [6, 6.07) is 7.83. The van der Waals surface area contributed by atoms with Gasteiger partial charge < -0.3 is 10.0 Å². The van der Waals surface area contributed by atoms with E-state index in [4.69, 9.17) is 11.6 Å². The van der Waals surface area contributed by atoms with Crippen LogP contribution in [0.1, 0.15) is 29.5 Å². The topological polar surface area (TPSA) is 36.4 Å². The molecule has 1 N–H and O–H groups in total. The van der Waals surface area contributed by atoms with Crippen LogP contribution in [-0.2, 0) is 19.6 Å². The van der Waals surface area contributed by atoms with Crippen molar-refractivity contribution in [3.05, 3.63) is 45.4 Å². The van der Waals surface area contributed by atoms with Crippen LogP contribution in [0, 0.1) is 0 Å². The van der Waals surface area contributed by atoms with Crippen LogP contribution in [0.25, 0.3) is 0 Å². The Morgan fingerprint density at radius 2 is 2.10 bits per heavy atom. The van der Waals surface area contributed by atoms with Gasteiger partial charge in [0.15, 0.2) is 5.13 Å². The van der Waals surface area contributed by atoms with Crippen molar-refractivity contribution in [3.8, 4) is 0 Å². The van der Waals surface area contributed by atoms with Crippen molar-refractivity contribution in [1.82, 2.24) is 4.98 Å². The van der Waals surface area contributed by atoms with Crippen molar-refractivity contribution in [3.63, 3.8) is 0 Å². The van der Waals surface area contributed by atoms with E-state index in [-0.39, 0.29) is 6.61 Å². The Bertz CT molecular complexity index is 571. The number of halogens is 1. The van der Waals surface area contributed by atoms with Crippen LogP contribution < -0.4 is 4.90 Å². The lowest BCUT2D eigenvalue weighted by molar-refractivity contribution is 0.284. The molecule has 0 spiro atoms. The van der Waals surface area contributed by atoms with Crippen LogP contribution in [-0.4, -0.2) is 17.1 Å². The summed E-state index contributed by atoms with van der Waals surface area (Å²) in [5.74, 6) is 0. The second-order valence-electron chi connectivity index (χ2n) is 4.72. The maximum atomic E-state index is 9.40. The lowest BCUT2D eigenvalue weighted by Gasteiger charge is -2.16. The van der Waals surface area contributed by atoms with Gasteiger partial charge >= 0.3 is 0 Å². The first-order valence-electron chi connectivity index (χ1n) is 6.69. The molecule has 1 aromatic carbocycles. The van der Waals surface area contributed by atoms with Crippen molar-refractivity contribution >= 4 is 28.1 Å². The molecule has 1 heterocycles. The minimum Gasteiger partial charge on any atom is -0.391 e. The van der Waals surface area contributed by atoms with E-state index < -0.39 is 0 Å². The van der Waals surface area contributed by atoms with Gasteiger partial charge in [-0.05, 0) is 18.1 Å². The Kier molecular flexibility index (Phi) is 5.40. The van der Waals surface area contributed by atoms with E-state index in [0.717, 1.165) is 39.1 Å². The number of rotatable bonds is 6. The predicted molar refractivity (Wildman–Crippen MR) is 85.6 cm³/mol. The summed E-state index contributed by atoms with van der Waals surface area (Å²) in [5, 5.41) is 11.1. The lowest BCUT2D eigenvalue weighted by atomic mass is 10.2. The van der Waals surface area contributed by atoms with Crippen LogP contribution in [0.2, 0.25) is 5.02 Å². The molecule has 0 aliphatic heterocycles. The third-order valence-corrected chi connectivity index (χ3v) is 4.65. The predicted octanol–water partition coefficient (Wildman–Crippen LogP) is 3.88. The van der Waals surface area contributed by atoms with Crippen LogP contribution >= 0.6 is 22.9 Å². The first-order chi connectivity index (χ1) is 9.65. The number of aryl methyl sites for hydroxylation is 1. The van der Waals surface area contributed by atoms with Gasteiger partial charge in [0.25, 0.3) is 0 Å². The van der Waals surface area contributed by atoms with Gasteiger partial charge in [-0.3, -0.25) is 0 Å². The lowest BCUT2D eigenvalue weighted by Crippen LogP contribution is -2.16. The van der Waals surface area contributed by atoms with Gasteiger partial charge in [0.1, 0.15) is 0 Å². The van der Waals surface area contributed by atoms with Gasteiger partial charge in [0.05, 0.1) is 17.2 Å². The fourth-order valence-corrected chi connectivity index (χ4v) is 3.16. The first-order valence-corrected chi connectivity index (χ1v) is 7.89. The molecule has 1 aromatic heterocycles. The number of aromatic nitrogens is 1. The number of anilines is 1. The minimum absolute atomic E-state index is 0.0624. The van der Waals surface area contributed by atoms with Crippen molar-refractivity contribution in [2.24, 2.45) is 0 Å². The number of thiazole rings is 1. The molecule has 0 fully saturated rings. The summed E-state index contributed by atoms with van der Waals surface area (Å²) in [5.41, 5.74) is 2.09. The average molecular weight is 311 g/mol. The van der Waals surface area contributed by atoms with Crippen LogP contribution in [0.5, 0.6) is 0 Å². The molecule has 2 aromatic rings. The quantitative estimate of drug-likeness (QED) is 0.879. The van der Waals surface area contributed by atoms with Crippen LogP contribution in [0.15, 0.2) is 24.3 Å². The highest BCUT2D eigenvalue weighted by atomic mass is 35.5. The molecular weight excluding hydrogens is 292 g/mol. The minimum atomic E-state index is 0.0624. The fraction of sp³-hybridized carbons (Fsp3) is 0.400. The number of benzene rings is 1. The molecule has 108 valence electrons. The molecular formula is C15H19ClN2OS. The van der Waals surface area contributed by atoms with Crippen molar-refractivity contribution < 1.29 is 5.11 Å². The molecule has 0 aliphatic carbocycles. The maximum Gasteiger partial charge on any atom is 0.185 e. The van der Waals surface area contributed by atoms with E-state index >= 15 is 0 Å². The third-order valence-electron chi connectivity index (χ3n) is 3.09. The van der Waals surface area contributed by atoms with Crippen molar-refractivity contribution in [2.75, 3.05) is 11.9 Å². The zero-order chi connectivity index (χ0) is 14.5. The number of aliphatic hydroxyl groups is 1. The molecule has 0 atom stereocenters. The Morgan fingerprint density at radius 1 is 1.35 bits per heavy atom. The molecule has 0 amide bonds. The molecule has 0 radical (unpaired) electrons. The third kappa shape index (κ3) is 3.51. The smallest absolute Gasteiger partial charge is 0.185 e. The van der Waals surface area contributed by atoms with E-state index in [9.17, 15) is 5.11 Å². The molecule has 0 unspecified atom stereocenters. The van der Waals surface area contributed by atoms with E-state index in [2.05, 4.69) is 16.8 Å². The Balaban J connectivity index is 2.17. The summed E-state index contributed by atoms with van der Waals surface area (Å²) in [6.45, 7) is 2.89. The summed E-state index contributed by atoms with van der Waals surface area (Å²) < 4.78 is 0. The highest BCUT2D eigenvalue weighted by Gasteiger charge is 2.13. The first kappa shape index (κ1) is 15.3. The number of aliphatic hydroxyl groups excluding tert-OH is 1. The molecule has 2 rings (SSSR count). The van der Waals surface area contributed by atoms with Crippen LogP contribution in [0.3, 0.4) is 0 Å². The molecule has 20 heavy (non-hydrogen) atoms. The Morgan fingerprint density at radius 3 is 2.75 bits per heavy atom. The summed E-state index contributed by atoms with van der Waals surface area (Å²) in [4.78, 5) is 7.68. The number of hydrogen-bond donors (Lipinski definition) is 1. The van der Waals surface area contributed by atoms with Gasteiger partial charge in [0.2, 0.25) is 0 Å².